The summed E-state index contributed by atoms with van der Waals surface area (Å²) in [4.78, 5) is 13.0. The average Bonchev–Trinajstić information content (AvgIpc) is 2.25. The van der Waals surface area contributed by atoms with Crippen LogP contribution in [-0.2, 0) is 0 Å². The number of rotatable bonds is 4. The molecular weight excluding hydrogens is 369 g/mol. The summed E-state index contributed by atoms with van der Waals surface area (Å²) in [6, 6.07) is 7.70. The lowest BCUT2D eigenvalue weighted by Crippen LogP contribution is -2.59. The molecule has 112 valence electrons. The number of carboxylic acid groups (broad SMARTS) is 1. The molecule has 0 aromatic heterocycles. The molecule has 0 aliphatic carbocycles. The van der Waals surface area contributed by atoms with Gasteiger partial charge in [0.15, 0.2) is 0 Å². The molecule has 1 aromatic rings. The normalized spacial score (nSPS) is 12.1. The minimum absolute atomic E-state index is 0.303. The first kappa shape index (κ1) is 17.1. The quantitative estimate of drug-likeness (QED) is 0.782. The minimum atomic E-state index is -0.936. The molecule has 0 saturated heterocycles. The van der Waals surface area contributed by atoms with E-state index in [0.29, 0.717) is 6.61 Å². The number of carbonyl (C=O) groups is 1. The molecule has 0 bridgehead atoms. The second-order valence-electron chi connectivity index (χ2n) is 6.34. The number of hydrogen-bond donors (Lipinski definition) is 1. The van der Waals surface area contributed by atoms with Gasteiger partial charge in [-0.15, -0.1) is 0 Å². The van der Waals surface area contributed by atoms with Crippen molar-refractivity contribution in [3.63, 3.8) is 0 Å². The van der Waals surface area contributed by atoms with Gasteiger partial charge in [-0.25, -0.2) is 4.79 Å². The zero-order chi connectivity index (χ0) is 15.6. The van der Waals surface area contributed by atoms with Gasteiger partial charge in [0, 0.05) is 9.11 Å². The second-order valence-corrected chi connectivity index (χ2v) is 7.59. The molecule has 0 aliphatic rings. The molecule has 1 rings (SSSR count). The van der Waals surface area contributed by atoms with E-state index in [1.54, 1.807) is 0 Å². The number of halogens is 1. The molecule has 0 unspecified atom stereocenters. The SMILES string of the molecule is CC(C)(C)N(C(=O)O)C(C)(C)COc1ccc(I)cc1. The summed E-state index contributed by atoms with van der Waals surface area (Å²) < 4.78 is 6.88. The minimum Gasteiger partial charge on any atom is -0.491 e. The zero-order valence-electron chi connectivity index (χ0n) is 12.6. The summed E-state index contributed by atoms with van der Waals surface area (Å²) in [5.74, 6) is 0.748. The van der Waals surface area contributed by atoms with E-state index >= 15 is 0 Å². The fourth-order valence-corrected chi connectivity index (χ4v) is 2.67. The van der Waals surface area contributed by atoms with Gasteiger partial charge >= 0.3 is 6.09 Å². The number of benzene rings is 1. The first-order valence-electron chi connectivity index (χ1n) is 6.46. The van der Waals surface area contributed by atoms with E-state index in [4.69, 9.17) is 4.74 Å². The molecule has 20 heavy (non-hydrogen) atoms. The van der Waals surface area contributed by atoms with Crippen LogP contribution >= 0.6 is 22.6 Å². The lowest BCUT2D eigenvalue weighted by molar-refractivity contribution is 0.00942. The fraction of sp³-hybridized carbons (Fsp3) is 0.533. The van der Waals surface area contributed by atoms with Gasteiger partial charge < -0.3 is 9.84 Å². The van der Waals surface area contributed by atoms with Gasteiger partial charge in [0.2, 0.25) is 0 Å². The zero-order valence-corrected chi connectivity index (χ0v) is 14.8. The van der Waals surface area contributed by atoms with Crippen molar-refractivity contribution in [3.8, 4) is 5.75 Å². The summed E-state index contributed by atoms with van der Waals surface area (Å²) in [7, 11) is 0. The Morgan fingerprint density at radius 1 is 1.20 bits per heavy atom. The van der Waals surface area contributed by atoms with E-state index in [0.717, 1.165) is 9.32 Å². The maximum atomic E-state index is 11.5. The molecule has 0 saturated carbocycles. The number of hydrogen-bond acceptors (Lipinski definition) is 2. The predicted molar refractivity (Wildman–Crippen MR) is 88.3 cm³/mol. The Kier molecular flexibility index (Phi) is 5.29. The molecule has 0 fully saturated rings. The van der Waals surface area contributed by atoms with Crippen molar-refractivity contribution < 1.29 is 14.6 Å². The van der Waals surface area contributed by atoms with Crippen LogP contribution in [0.2, 0.25) is 0 Å². The highest BCUT2D eigenvalue weighted by Crippen LogP contribution is 2.26. The monoisotopic (exact) mass is 391 g/mol. The van der Waals surface area contributed by atoms with Crippen LogP contribution in [0.15, 0.2) is 24.3 Å². The third kappa shape index (κ3) is 4.54. The number of amides is 1. The smallest absolute Gasteiger partial charge is 0.408 e. The van der Waals surface area contributed by atoms with Gasteiger partial charge in [-0.3, -0.25) is 4.90 Å². The molecule has 0 heterocycles. The Bertz CT molecular complexity index is 463. The van der Waals surface area contributed by atoms with Crippen LogP contribution in [0.25, 0.3) is 0 Å². The van der Waals surface area contributed by atoms with Gasteiger partial charge in [0.1, 0.15) is 12.4 Å². The molecule has 0 aliphatic heterocycles. The highest BCUT2D eigenvalue weighted by molar-refractivity contribution is 14.1. The predicted octanol–water partition coefficient (Wildman–Crippen LogP) is 4.23. The summed E-state index contributed by atoms with van der Waals surface area (Å²) in [6.07, 6.45) is -0.936. The molecule has 1 aromatic carbocycles. The van der Waals surface area contributed by atoms with Crippen LogP contribution in [0, 0.1) is 3.57 Å². The van der Waals surface area contributed by atoms with Gasteiger partial charge in [-0.1, -0.05) is 0 Å². The summed E-state index contributed by atoms with van der Waals surface area (Å²) in [5, 5.41) is 9.45. The van der Waals surface area contributed by atoms with Crippen LogP contribution in [0.1, 0.15) is 34.6 Å². The Morgan fingerprint density at radius 3 is 2.10 bits per heavy atom. The van der Waals surface area contributed by atoms with Crippen molar-refractivity contribution >= 4 is 28.7 Å². The molecule has 1 N–H and O–H groups in total. The molecular formula is C15H22INO3. The molecule has 0 spiro atoms. The van der Waals surface area contributed by atoms with Crippen LogP contribution in [0.3, 0.4) is 0 Å². The van der Waals surface area contributed by atoms with Crippen molar-refractivity contribution in [2.45, 2.75) is 45.7 Å². The van der Waals surface area contributed by atoms with Crippen molar-refractivity contribution in [1.82, 2.24) is 4.90 Å². The molecule has 4 nitrogen and oxygen atoms in total. The third-order valence-corrected chi connectivity index (χ3v) is 3.59. The average molecular weight is 391 g/mol. The topological polar surface area (TPSA) is 49.8 Å². The Balaban J connectivity index is 2.82. The van der Waals surface area contributed by atoms with E-state index in [-0.39, 0.29) is 0 Å². The van der Waals surface area contributed by atoms with Crippen LogP contribution < -0.4 is 4.74 Å². The Hall–Kier alpha value is -0.980. The maximum Gasteiger partial charge on any atom is 0.408 e. The summed E-state index contributed by atoms with van der Waals surface area (Å²) in [6.45, 7) is 9.70. The van der Waals surface area contributed by atoms with Crippen LogP contribution in [0.5, 0.6) is 5.75 Å². The first-order chi connectivity index (χ1) is 9.04. The summed E-state index contributed by atoms with van der Waals surface area (Å²) in [5.41, 5.74) is -1.10. The lowest BCUT2D eigenvalue weighted by Gasteiger charge is -2.44. The highest BCUT2D eigenvalue weighted by Gasteiger charge is 2.39. The fourth-order valence-electron chi connectivity index (χ4n) is 2.31. The van der Waals surface area contributed by atoms with Gasteiger partial charge in [-0.2, -0.15) is 0 Å². The third-order valence-electron chi connectivity index (χ3n) is 2.87. The molecule has 0 atom stereocenters. The highest BCUT2D eigenvalue weighted by atomic mass is 127. The second kappa shape index (κ2) is 6.20. The van der Waals surface area contributed by atoms with Gasteiger partial charge in [0.05, 0.1) is 5.54 Å². The van der Waals surface area contributed by atoms with Crippen molar-refractivity contribution in [2.24, 2.45) is 0 Å². The molecule has 1 amide bonds. The van der Waals surface area contributed by atoms with Crippen molar-refractivity contribution in [2.75, 3.05) is 6.61 Å². The number of ether oxygens (including phenoxy) is 1. The van der Waals surface area contributed by atoms with Crippen LogP contribution in [-0.4, -0.2) is 33.8 Å². The Morgan fingerprint density at radius 2 is 1.70 bits per heavy atom. The van der Waals surface area contributed by atoms with Gasteiger partial charge in [-0.05, 0) is 81.5 Å². The summed E-state index contributed by atoms with van der Waals surface area (Å²) >= 11 is 2.23. The van der Waals surface area contributed by atoms with E-state index in [1.807, 2.05) is 58.9 Å². The van der Waals surface area contributed by atoms with E-state index in [1.165, 1.54) is 4.90 Å². The number of nitrogens with zero attached hydrogens (tertiary/aromatic N) is 1. The van der Waals surface area contributed by atoms with Crippen LogP contribution in [0.4, 0.5) is 4.79 Å². The van der Waals surface area contributed by atoms with E-state index in [2.05, 4.69) is 22.6 Å². The van der Waals surface area contributed by atoms with E-state index < -0.39 is 17.2 Å². The van der Waals surface area contributed by atoms with E-state index in [9.17, 15) is 9.90 Å². The van der Waals surface area contributed by atoms with Crippen molar-refractivity contribution in [3.05, 3.63) is 27.8 Å². The Labute approximate surface area is 134 Å². The largest absolute Gasteiger partial charge is 0.491 e. The molecule has 0 radical (unpaired) electrons. The van der Waals surface area contributed by atoms with Crippen molar-refractivity contribution in [1.29, 1.82) is 0 Å². The standard InChI is InChI=1S/C15H22INO3/c1-14(2,3)17(13(18)19)15(4,5)10-20-12-8-6-11(16)7-9-12/h6-9H,10H2,1-5H3,(H,18,19). The first-order valence-corrected chi connectivity index (χ1v) is 7.53. The maximum absolute atomic E-state index is 11.5. The lowest BCUT2D eigenvalue weighted by atomic mass is 9.96. The molecule has 5 heteroatoms. The van der Waals surface area contributed by atoms with Gasteiger partial charge in [0.25, 0.3) is 0 Å².